The zero-order valence-corrected chi connectivity index (χ0v) is 15.3. The third-order valence-corrected chi connectivity index (χ3v) is 5.45. The molecule has 1 fully saturated rings. The van der Waals surface area contributed by atoms with Gasteiger partial charge in [-0.05, 0) is 54.2 Å². The molecule has 0 aliphatic carbocycles. The van der Waals surface area contributed by atoms with Crippen LogP contribution in [-0.2, 0) is 13.0 Å². The number of hydrogen-bond acceptors (Lipinski definition) is 3. The van der Waals surface area contributed by atoms with Crippen molar-refractivity contribution in [1.29, 1.82) is 0 Å². The fraction of sp³-hybridized carbons (Fsp3) is 0.350. The maximum Gasteiger partial charge on any atom is 0.138 e. The van der Waals surface area contributed by atoms with Gasteiger partial charge in [-0.25, -0.2) is 9.37 Å². The number of anilines is 1. The van der Waals surface area contributed by atoms with Gasteiger partial charge in [0.1, 0.15) is 17.3 Å². The predicted molar refractivity (Wildman–Crippen MR) is 103 cm³/mol. The zero-order chi connectivity index (χ0) is 18.1. The number of benzene rings is 1. The van der Waals surface area contributed by atoms with Crippen LogP contribution in [0.15, 0.2) is 36.7 Å². The molecule has 0 atom stereocenters. The van der Waals surface area contributed by atoms with Crippen LogP contribution in [0.5, 0.6) is 0 Å². The van der Waals surface area contributed by atoms with Crippen LogP contribution >= 0.6 is 11.6 Å². The Morgan fingerprint density at radius 2 is 1.88 bits per heavy atom. The number of nitrogens with zero attached hydrogens (tertiary/aromatic N) is 3. The Morgan fingerprint density at radius 3 is 2.62 bits per heavy atom. The number of piperidine rings is 1. The third kappa shape index (κ3) is 3.29. The Bertz CT molecular complexity index is 931. The Morgan fingerprint density at radius 1 is 1.08 bits per heavy atom. The van der Waals surface area contributed by atoms with Crippen LogP contribution in [0.2, 0.25) is 5.02 Å². The molecule has 3 aromatic rings. The predicted octanol–water partition coefficient (Wildman–Crippen LogP) is 4.17. The van der Waals surface area contributed by atoms with E-state index in [4.69, 9.17) is 17.3 Å². The first kappa shape index (κ1) is 17.3. The number of halogens is 2. The molecule has 2 aromatic heterocycles. The second-order valence-electron chi connectivity index (χ2n) is 6.83. The Hall–Kier alpha value is -2.11. The van der Waals surface area contributed by atoms with Crippen LogP contribution < -0.4 is 10.6 Å². The van der Waals surface area contributed by atoms with Crippen LogP contribution in [0, 0.1) is 5.82 Å². The molecule has 136 valence electrons. The Labute approximate surface area is 157 Å². The fourth-order valence-electron chi connectivity index (χ4n) is 3.67. The highest BCUT2D eigenvalue weighted by atomic mass is 35.5. The summed E-state index contributed by atoms with van der Waals surface area (Å²) in [6, 6.07) is 6.58. The van der Waals surface area contributed by atoms with Crippen molar-refractivity contribution in [2.45, 2.75) is 32.2 Å². The fourth-order valence-corrected chi connectivity index (χ4v) is 3.90. The molecule has 0 bridgehead atoms. The minimum Gasteiger partial charge on any atom is -0.356 e. The number of pyridine rings is 1. The average Bonchev–Trinajstić information content (AvgIpc) is 3.06. The van der Waals surface area contributed by atoms with Gasteiger partial charge in [0.2, 0.25) is 0 Å². The Balaban J connectivity index is 1.75. The van der Waals surface area contributed by atoms with Gasteiger partial charge in [-0.2, -0.15) is 0 Å². The lowest BCUT2D eigenvalue weighted by Gasteiger charge is -2.28. The molecule has 0 amide bonds. The van der Waals surface area contributed by atoms with Crippen LogP contribution in [0.25, 0.3) is 5.65 Å². The summed E-state index contributed by atoms with van der Waals surface area (Å²) >= 11 is 6.23. The van der Waals surface area contributed by atoms with Crippen molar-refractivity contribution < 1.29 is 4.39 Å². The third-order valence-electron chi connectivity index (χ3n) is 5.10. The number of aromatic nitrogens is 2. The monoisotopic (exact) mass is 372 g/mol. The van der Waals surface area contributed by atoms with Crippen LogP contribution in [-0.4, -0.2) is 22.5 Å². The molecule has 6 heteroatoms. The molecule has 1 aliphatic heterocycles. The minimum absolute atomic E-state index is 0.324. The van der Waals surface area contributed by atoms with Crippen molar-refractivity contribution in [3.05, 3.63) is 64.2 Å². The molecular weight excluding hydrogens is 351 g/mol. The largest absolute Gasteiger partial charge is 0.356 e. The second-order valence-corrected chi connectivity index (χ2v) is 7.24. The highest BCUT2D eigenvalue weighted by Crippen LogP contribution is 2.26. The molecule has 4 rings (SSSR count). The van der Waals surface area contributed by atoms with Crippen LogP contribution in [0.3, 0.4) is 0 Å². The van der Waals surface area contributed by atoms with Gasteiger partial charge in [-0.1, -0.05) is 17.7 Å². The van der Waals surface area contributed by atoms with Crippen molar-refractivity contribution in [3.63, 3.8) is 0 Å². The summed E-state index contributed by atoms with van der Waals surface area (Å²) in [6.07, 6.45) is 8.38. The molecule has 0 spiro atoms. The minimum atomic E-state index is -0.324. The van der Waals surface area contributed by atoms with Crippen molar-refractivity contribution >= 4 is 23.1 Å². The topological polar surface area (TPSA) is 46.6 Å². The molecule has 3 heterocycles. The summed E-state index contributed by atoms with van der Waals surface area (Å²) in [4.78, 5) is 6.96. The van der Waals surface area contributed by atoms with E-state index >= 15 is 0 Å². The number of imidazole rings is 1. The van der Waals surface area contributed by atoms with Crippen molar-refractivity contribution in [2.75, 3.05) is 18.0 Å². The number of nitrogens with two attached hydrogens (primary N) is 1. The molecule has 1 aromatic carbocycles. The van der Waals surface area contributed by atoms with E-state index in [1.165, 1.54) is 31.4 Å². The van der Waals surface area contributed by atoms with E-state index in [9.17, 15) is 4.39 Å². The molecule has 0 saturated carbocycles. The van der Waals surface area contributed by atoms with Crippen LogP contribution in [0.1, 0.15) is 36.0 Å². The standard InChI is InChI=1S/C20H22ClFN4/c21-18-10-17(22)5-4-14(18)8-16-13-26-19(9-15(16)11-23)24-12-20(26)25-6-2-1-3-7-25/h4-5,9-10,12-13H,1-3,6-8,11,23H2. The lowest BCUT2D eigenvalue weighted by Crippen LogP contribution is -2.30. The smallest absolute Gasteiger partial charge is 0.138 e. The van der Waals surface area contributed by atoms with Crippen molar-refractivity contribution in [3.8, 4) is 0 Å². The maximum atomic E-state index is 13.3. The van der Waals surface area contributed by atoms with Gasteiger partial charge in [-0.3, -0.25) is 4.40 Å². The van der Waals surface area contributed by atoms with Gasteiger partial charge in [0, 0.05) is 37.3 Å². The molecule has 1 aliphatic rings. The summed E-state index contributed by atoms with van der Waals surface area (Å²) in [5, 5.41) is 0.440. The van der Waals surface area contributed by atoms with E-state index in [1.807, 2.05) is 12.3 Å². The summed E-state index contributed by atoms with van der Waals surface area (Å²) in [7, 11) is 0. The number of hydrogen-bond donors (Lipinski definition) is 1. The molecule has 26 heavy (non-hydrogen) atoms. The first-order valence-electron chi connectivity index (χ1n) is 9.03. The van der Waals surface area contributed by atoms with Crippen LogP contribution in [0.4, 0.5) is 10.2 Å². The maximum absolute atomic E-state index is 13.3. The van der Waals surface area contributed by atoms with Crippen molar-refractivity contribution in [1.82, 2.24) is 9.38 Å². The summed E-state index contributed by atoms with van der Waals surface area (Å²) in [6.45, 7) is 2.55. The average molecular weight is 373 g/mol. The first-order chi connectivity index (χ1) is 12.7. The van der Waals surface area contributed by atoms with E-state index < -0.39 is 0 Å². The zero-order valence-electron chi connectivity index (χ0n) is 14.6. The van der Waals surface area contributed by atoms with Gasteiger partial charge in [-0.15, -0.1) is 0 Å². The number of fused-ring (bicyclic) bond motifs is 1. The summed E-state index contributed by atoms with van der Waals surface area (Å²) < 4.78 is 15.5. The lowest BCUT2D eigenvalue weighted by molar-refractivity contribution is 0.572. The SMILES string of the molecule is NCc1cc2ncc(N3CCCCC3)n2cc1Cc1ccc(F)cc1Cl. The van der Waals surface area contributed by atoms with Gasteiger partial charge in [0.25, 0.3) is 0 Å². The highest BCUT2D eigenvalue weighted by molar-refractivity contribution is 6.31. The van der Waals surface area contributed by atoms with E-state index in [-0.39, 0.29) is 5.82 Å². The normalized spacial score (nSPS) is 15.0. The molecule has 0 unspecified atom stereocenters. The van der Waals surface area contributed by atoms with Gasteiger partial charge in [0.15, 0.2) is 0 Å². The number of rotatable bonds is 4. The highest BCUT2D eigenvalue weighted by Gasteiger charge is 2.17. The molecule has 1 saturated heterocycles. The van der Waals surface area contributed by atoms with E-state index in [1.54, 1.807) is 6.07 Å². The van der Waals surface area contributed by atoms with Crippen molar-refractivity contribution in [2.24, 2.45) is 5.73 Å². The van der Waals surface area contributed by atoms with Gasteiger partial charge in [0.05, 0.1) is 6.20 Å². The van der Waals surface area contributed by atoms with Gasteiger partial charge < -0.3 is 10.6 Å². The quantitative estimate of drug-likeness (QED) is 0.747. The van der Waals surface area contributed by atoms with E-state index in [0.29, 0.717) is 18.0 Å². The first-order valence-corrected chi connectivity index (χ1v) is 9.41. The summed E-state index contributed by atoms with van der Waals surface area (Å²) in [5.41, 5.74) is 9.88. The van der Waals surface area contributed by atoms with Gasteiger partial charge >= 0.3 is 0 Å². The second kappa shape index (κ2) is 7.25. The van der Waals surface area contributed by atoms with E-state index in [2.05, 4.69) is 20.5 Å². The Kier molecular flexibility index (Phi) is 4.83. The molecule has 2 N–H and O–H groups in total. The van der Waals surface area contributed by atoms with E-state index in [0.717, 1.165) is 41.2 Å². The lowest BCUT2D eigenvalue weighted by atomic mass is 10.0. The summed E-state index contributed by atoms with van der Waals surface area (Å²) in [5.74, 6) is 0.796. The molecule has 4 nitrogen and oxygen atoms in total. The molecule has 0 radical (unpaired) electrons. The molecular formula is C20H22ClFN4.